The molecule has 0 amide bonds. The molecule has 2 nitrogen and oxygen atoms in total. The largest absolute Gasteiger partial charge is 0.416 e. The molecule has 1 aliphatic heterocycles. The lowest BCUT2D eigenvalue weighted by Crippen LogP contribution is -2.33. The number of rotatable bonds is 3. The van der Waals surface area contributed by atoms with Crippen molar-refractivity contribution in [2.75, 3.05) is 26.2 Å². The molecule has 1 aliphatic rings. The van der Waals surface area contributed by atoms with Crippen molar-refractivity contribution < 1.29 is 17.6 Å². The smallest absolute Gasteiger partial charge is 0.315 e. The molecule has 0 spiro atoms. The second-order valence-corrected chi connectivity index (χ2v) is 6.74. The zero-order chi connectivity index (χ0) is 18.7. The lowest BCUT2D eigenvalue weighted by atomic mass is 9.95. The molecule has 0 aromatic heterocycles. The van der Waals surface area contributed by atoms with E-state index >= 15 is 0 Å². The highest BCUT2D eigenvalue weighted by molar-refractivity contribution is 6.31. The third kappa shape index (κ3) is 4.37. The summed E-state index contributed by atoms with van der Waals surface area (Å²) in [7, 11) is 0. The number of alkyl halides is 3. The minimum absolute atomic E-state index is 0.240. The number of benzene rings is 2. The van der Waals surface area contributed by atoms with Crippen LogP contribution in [-0.4, -0.2) is 31.1 Å². The minimum atomic E-state index is -4.47. The molecule has 3 rings (SSSR count). The van der Waals surface area contributed by atoms with Gasteiger partial charge < -0.3 is 5.32 Å². The Balaban J connectivity index is 2.11. The Hall–Kier alpha value is -1.63. The van der Waals surface area contributed by atoms with Gasteiger partial charge >= 0.3 is 6.18 Å². The molecule has 140 valence electrons. The highest BCUT2D eigenvalue weighted by atomic mass is 35.5. The first-order valence-corrected chi connectivity index (χ1v) is 8.81. The van der Waals surface area contributed by atoms with Crippen LogP contribution in [0.15, 0.2) is 42.5 Å². The van der Waals surface area contributed by atoms with Crippen LogP contribution in [0.25, 0.3) is 0 Å². The van der Waals surface area contributed by atoms with Crippen LogP contribution in [0.5, 0.6) is 0 Å². The summed E-state index contributed by atoms with van der Waals surface area (Å²) in [5.41, 5.74) is 0.174. The Labute approximate surface area is 154 Å². The molecule has 2 aromatic rings. The third-order valence-electron chi connectivity index (χ3n) is 4.52. The second kappa shape index (κ2) is 7.94. The third-order valence-corrected chi connectivity index (χ3v) is 4.87. The van der Waals surface area contributed by atoms with E-state index in [1.165, 1.54) is 18.2 Å². The molecule has 0 radical (unpaired) electrons. The summed E-state index contributed by atoms with van der Waals surface area (Å²) in [6.07, 6.45) is -3.62. The van der Waals surface area contributed by atoms with Crippen molar-refractivity contribution in [3.8, 4) is 0 Å². The molecule has 2 aromatic carbocycles. The van der Waals surface area contributed by atoms with Crippen LogP contribution >= 0.6 is 11.6 Å². The summed E-state index contributed by atoms with van der Waals surface area (Å²) in [6.45, 7) is 2.86. The first-order chi connectivity index (χ1) is 12.4. The van der Waals surface area contributed by atoms with E-state index in [1.807, 2.05) is 0 Å². The van der Waals surface area contributed by atoms with Crippen LogP contribution in [0.4, 0.5) is 17.6 Å². The summed E-state index contributed by atoms with van der Waals surface area (Å²) in [5.74, 6) is -0.427. The standard InChI is InChI=1S/C19H19ClF4N2/c20-17-6-5-14(19(22,23)24)12-16(17)18(13-3-1-4-15(21)11-13)26-9-2-7-25-8-10-26/h1,3-6,11-12,18,25H,2,7-10H2. The lowest BCUT2D eigenvalue weighted by Gasteiger charge is -2.32. The van der Waals surface area contributed by atoms with Gasteiger partial charge in [-0.1, -0.05) is 23.7 Å². The molecule has 26 heavy (non-hydrogen) atoms. The van der Waals surface area contributed by atoms with Gasteiger partial charge in [0.1, 0.15) is 5.82 Å². The SMILES string of the molecule is Fc1cccc(C(c2cc(C(F)(F)F)ccc2Cl)N2CCCNCC2)c1. The van der Waals surface area contributed by atoms with Crippen molar-refractivity contribution in [1.82, 2.24) is 10.2 Å². The predicted octanol–water partition coefficient (Wildman–Crippen LogP) is 4.88. The first kappa shape index (κ1) is 19.1. The van der Waals surface area contributed by atoms with Crippen molar-refractivity contribution in [1.29, 1.82) is 0 Å². The maximum Gasteiger partial charge on any atom is 0.416 e. The fourth-order valence-corrected chi connectivity index (χ4v) is 3.54. The zero-order valence-corrected chi connectivity index (χ0v) is 14.7. The monoisotopic (exact) mass is 386 g/mol. The Kier molecular flexibility index (Phi) is 5.85. The molecule has 1 saturated heterocycles. The van der Waals surface area contributed by atoms with E-state index in [0.29, 0.717) is 30.8 Å². The van der Waals surface area contributed by atoms with Crippen molar-refractivity contribution >= 4 is 11.6 Å². The molecule has 1 fully saturated rings. The van der Waals surface area contributed by atoms with Gasteiger partial charge in [-0.3, -0.25) is 4.90 Å². The van der Waals surface area contributed by atoms with Gasteiger partial charge in [-0.05, 0) is 54.4 Å². The highest BCUT2D eigenvalue weighted by Crippen LogP contribution is 2.38. The molecule has 1 atom stereocenters. The van der Waals surface area contributed by atoms with E-state index in [2.05, 4.69) is 10.2 Å². The normalized spacial score (nSPS) is 17.7. The van der Waals surface area contributed by atoms with Crippen LogP contribution in [0.2, 0.25) is 5.02 Å². The first-order valence-electron chi connectivity index (χ1n) is 8.43. The van der Waals surface area contributed by atoms with Gasteiger partial charge in [0, 0.05) is 24.7 Å². The number of nitrogens with zero attached hydrogens (tertiary/aromatic N) is 1. The van der Waals surface area contributed by atoms with Crippen LogP contribution in [0.3, 0.4) is 0 Å². The minimum Gasteiger partial charge on any atom is -0.315 e. The summed E-state index contributed by atoms with van der Waals surface area (Å²) >= 11 is 6.29. The van der Waals surface area contributed by atoms with E-state index in [9.17, 15) is 17.6 Å². The maximum atomic E-state index is 13.8. The summed E-state index contributed by atoms with van der Waals surface area (Å²) in [4.78, 5) is 2.05. The second-order valence-electron chi connectivity index (χ2n) is 6.33. The van der Waals surface area contributed by atoms with E-state index in [4.69, 9.17) is 11.6 Å². The number of nitrogens with one attached hydrogen (secondary N) is 1. The number of hydrogen-bond donors (Lipinski definition) is 1. The van der Waals surface area contributed by atoms with Gasteiger partial charge in [-0.2, -0.15) is 13.2 Å². The Morgan fingerprint density at radius 1 is 1.04 bits per heavy atom. The molecule has 1 unspecified atom stereocenters. The van der Waals surface area contributed by atoms with Crippen LogP contribution in [-0.2, 0) is 6.18 Å². The summed E-state index contributed by atoms with van der Waals surface area (Å²) in [5, 5.41) is 3.51. The van der Waals surface area contributed by atoms with Crippen LogP contribution in [0, 0.1) is 5.82 Å². The molecular formula is C19H19ClF4N2. The van der Waals surface area contributed by atoms with Gasteiger partial charge in [0.2, 0.25) is 0 Å². The Morgan fingerprint density at radius 2 is 1.85 bits per heavy atom. The van der Waals surface area contributed by atoms with Gasteiger partial charge in [0.25, 0.3) is 0 Å². The zero-order valence-electron chi connectivity index (χ0n) is 14.0. The Morgan fingerprint density at radius 3 is 2.58 bits per heavy atom. The van der Waals surface area contributed by atoms with Crippen molar-refractivity contribution in [3.05, 3.63) is 70.0 Å². The molecule has 1 N–H and O–H groups in total. The lowest BCUT2D eigenvalue weighted by molar-refractivity contribution is -0.137. The van der Waals surface area contributed by atoms with Gasteiger partial charge in [-0.25, -0.2) is 4.39 Å². The van der Waals surface area contributed by atoms with E-state index < -0.39 is 23.6 Å². The molecule has 0 saturated carbocycles. The molecule has 0 bridgehead atoms. The van der Waals surface area contributed by atoms with E-state index in [0.717, 1.165) is 25.1 Å². The summed E-state index contributed by atoms with van der Waals surface area (Å²) < 4.78 is 53.4. The van der Waals surface area contributed by atoms with Crippen LogP contribution in [0.1, 0.15) is 29.2 Å². The van der Waals surface area contributed by atoms with Crippen molar-refractivity contribution in [3.63, 3.8) is 0 Å². The van der Waals surface area contributed by atoms with E-state index in [1.54, 1.807) is 12.1 Å². The molecule has 0 aliphatic carbocycles. The van der Waals surface area contributed by atoms with E-state index in [-0.39, 0.29) is 5.02 Å². The average molecular weight is 387 g/mol. The highest BCUT2D eigenvalue weighted by Gasteiger charge is 2.33. The average Bonchev–Trinajstić information content (AvgIpc) is 2.85. The topological polar surface area (TPSA) is 15.3 Å². The predicted molar refractivity (Wildman–Crippen MR) is 93.8 cm³/mol. The number of halogens is 5. The van der Waals surface area contributed by atoms with Crippen molar-refractivity contribution in [2.45, 2.75) is 18.6 Å². The maximum absolute atomic E-state index is 13.8. The molecule has 1 heterocycles. The quantitative estimate of drug-likeness (QED) is 0.756. The number of hydrogen-bond acceptors (Lipinski definition) is 2. The van der Waals surface area contributed by atoms with Gasteiger partial charge in [0.15, 0.2) is 0 Å². The van der Waals surface area contributed by atoms with Gasteiger partial charge in [-0.15, -0.1) is 0 Å². The van der Waals surface area contributed by atoms with Crippen LogP contribution < -0.4 is 5.32 Å². The Bertz CT molecular complexity index is 755. The molecule has 7 heteroatoms. The fraction of sp³-hybridized carbons (Fsp3) is 0.368. The summed E-state index contributed by atoms with van der Waals surface area (Å²) in [6, 6.07) is 8.74. The fourth-order valence-electron chi connectivity index (χ4n) is 3.32. The van der Waals surface area contributed by atoms with Gasteiger partial charge in [0.05, 0.1) is 11.6 Å². The van der Waals surface area contributed by atoms with Crippen molar-refractivity contribution in [2.24, 2.45) is 0 Å². The molecular weight excluding hydrogens is 368 g/mol.